The third-order valence-electron chi connectivity index (χ3n) is 5.00. The second-order valence-electron chi connectivity index (χ2n) is 7.03. The van der Waals surface area contributed by atoms with Crippen molar-refractivity contribution in [2.75, 3.05) is 26.4 Å². The molecule has 1 saturated heterocycles. The molecule has 1 atom stereocenters. The number of amides is 3. The Morgan fingerprint density at radius 2 is 1.83 bits per heavy atom. The van der Waals surface area contributed by atoms with Gasteiger partial charge in [0.1, 0.15) is 23.7 Å². The summed E-state index contributed by atoms with van der Waals surface area (Å²) in [5.41, 5.74) is -0.598. The number of rotatable bonds is 5. The largest absolute Gasteiger partial charge is 0.492 e. The standard InChI is InChI=1S/C21H21FN2O5/c1-21(14-3-8-17-18(13-14)29-11-2-10-28-17)19(25)24(20(26)23-21)9-12-27-16-6-4-15(22)5-7-16/h3-8,13H,2,9-12H2,1H3,(H,23,26)/t21-/m0/s1. The summed E-state index contributed by atoms with van der Waals surface area (Å²) in [5.74, 6) is 0.902. The van der Waals surface area contributed by atoms with Crippen molar-refractivity contribution >= 4 is 11.9 Å². The van der Waals surface area contributed by atoms with Gasteiger partial charge in [-0.25, -0.2) is 9.18 Å². The van der Waals surface area contributed by atoms with E-state index in [1.54, 1.807) is 25.1 Å². The van der Waals surface area contributed by atoms with Gasteiger partial charge in [0, 0.05) is 6.42 Å². The van der Waals surface area contributed by atoms with Crippen LogP contribution in [0.1, 0.15) is 18.9 Å². The zero-order valence-electron chi connectivity index (χ0n) is 15.9. The van der Waals surface area contributed by atoms with Crippen LogP contribution in [0.4, 0.5) is 9.18 Å². The minimum absolute atomic E-state index is 0.0716. The molecular formula is C21H21FN2O5. The van der Waals surface area contributed by atoms with Crippen LogP contribution in [-0.2, 0) is 10.3 Å². The molecule has 0 radical (unpaired) electrons. The van der Waals surface area contributed by atoms with E-state index < -0.39 is 11.6 Å². The number of benzene rings is 2. The SMILES string of the molecule is C[C@@]1(c2ccc3c(c2)OCCCO3)NC(=O)N(CCOc2ccc(F)cc2)C1=O. The predicted molar refractivity (Wildman–Crippen MR) is 102 cm³/mol. The maximum atomic E-state index is 13.0. The lowest BCUT2D eigenvalue weighted by molar-refractivity contribution is -0.131. The Hall–Kier alpha value is -3.29. The lowest BCUT2D eigenvalue weighted by atomic mass is 9.91. The summed E-state index contributed by atoms with van der Waals surface area (Å²) in [6.45, 7) is 2.93. The molecule has 7 nitrogen and oxygen atoms in total. The molecule has 0 aromatic heterocycles. The molecule has 4 rings (SSSR count). The van der Waals surface area contributed by atoms with Gasteiger partial charge in [0.15, 0.2) is 11.5 Å². The molecule has 2 aliphatic heterocycles. The zero-order chi connectivity index (χ0) is 20.4. The van der Waals surface area contributed by atoms with Gasteiger partial charge in [0.25, 0.3) is 5.91 Å². The average molecular weight is 400 g/mol. The van der Waals surface area contributed by atoms with Gasteiger partial charge >= 0.3 is 6.03 Å². The quantitative estimate of drug-likeness (QED) is 0.781. The number of carbonyl (C=O) groups is 2. The van der Waals surface area contributed by atoms with E-state index in [9.17, 15) is 14.0 Å². The third kappa shape index (κ3) is 3.70. The van der Waals surface area contributed by atoms with Crippen molar-refractivity contribution in [2.24, 2.45) is 0 Å². The van der Waals surface area contributed by atoms with Crippen LogP contribution >= 0.6 is 0 Å². The number of nitrogens with zero attached hydrogens (tertiary/aromatic N) is 1. The van der Waals surface area contributed by atoms with Gasteiger partial charge < -0.3 is 19.5 Å². The van der Waals surface area contributed by atoms with Crippen molar-refractivity contribution in [2.45, 2.75) is 18.9 Å². The van der Waals surface area contributed by atoms with Crippen molar-refractivity contribution in [1.29, 1.82) is 0 Å². The second-order valence-corrected chi connectivity index (χ2v) is 7.03. The molecule has 2 heterocycles. The summed E-state index contributed by atoms with van der Waals surface area (Å²) >= 11 is 0. The second kappa shape index (κ2) is 7.62. The number of imide groups is 1. The topological polar surface area (TPSA) is 77.1 Å². The Morgan fingerprint density at radius 1 is 1.10 bits per heavy atom. The fraction of sp³-hybridized carbons (Fsp3) is 0.333. The highest BCUT2D eigenvalue weighted by Gasteiger charge is 2.49. The van der Waals surface area contributed by atoms with Crippen LogP contribution in [0, 0.1) is 5.82 Å². The number of hydrogen-bond donors (Lipinski definition) is 1. The van der Waals surface area contributed by atoms with Crippen LogP contribution in [0.5, 0.6) is 17.2 Å². The van der Waals surface area contributed by atoms with Crippen LogP contribution in [-0.4, -0.2) is 43.2 Å². The molecule has 0 aliphatic carbocycles. The molecule has 1 N–H and O–H groups in total. The van der Waals surface area contributed by atoms with Crippen LogP contribution in [0.2, 0.25) is 0 Å². The number of fused-ring (bicyclic) bond motifs is 1. The molecule has 8 heteroatoms. The van der Waals surface area contributed by atoms with E-state index in [2.05, 4.69) is 5.32 Å². The normalized spacial score (nSPS) is 21.0. The van der Waals surface area contributed by atoms with Crippen molar-refractivity contribution in [1.82, 2.24) is 10.2 Å². The molecule has 0 unspecified atom stereocenters. The summed E-state index contributed by atoms with van der Waals surface area (Å²) in [7, 11) is 0. The van der Waals surface area contributed by atoms with Crippen molar-refractivity contribution in [3.63, 3.8) is 0 Å². The van der Waals surface area contributed by atoms with E-state index in [-0.39, 0.29) is 24.9 Å². The van der Waals surface area contributed by atoms with Crippen molar-refractivity contribution in [3.8, 4) is 17.2 Å². The smallest absolute Gasteiger partial charge is 0.325 e. The van der Waals surface area contributed by atoms with Crippen molar-refractivity contribution in [3.05, 3.63) is 53.8 Å². The highest BCUT2D eigenvalue weighted by Crippen LogP contribution is 2.36. The maximum Gasteiger partial charge on any atom is 0.325 e. The fourth-order valence-corrected chi connectivity index (χ4v) is 3.36. The first-order valence-electron chi connectivity index (χ1n) is 9.40. The Kier molecular flexibility index (Phi) is 5.00. The van der Waals surface area contributed by atoms with Crippen LogP contribution in [0.15, 0.2) is 42.5 Å². The monoisotopic (exact) mass is 400 g/mol. The Balaban J connectivity index is 1.46. The molecule has 2 aromatic rings. The molecule has 2 aromatic carbocycles. The molecule has 152 valence electrons. The van der Waals surface area contributed by atoms with E-state index in [1.165, 1.54) is 24.3 Å². The van der Waals surface area contributed by atoms with E-state index in [0.717, 1.165) is 11.3 Å². The molecule has 3 amide bonds. The van der Waals surface area contributed by atoms with E-state index in [0.29, 0.717) is 36.0 Å². The maximum absolute atomic E-state index is 13.0. The zero-order valence-corrected chi connectivity index (χ0v) is 15.9. The number of hydrogen-bond acceptors (Lipinski definition) is 5. The minimum atomic E-state index is -1.21. The predicted octanol–water partition coefficient (Wildman–Crippen LogP) is 2.83. The number of nitrogens with one attached hydrogen (secondary N) is 1. The summed E-state index contributed by atoms with van der Waals surface area (Å²) < 4.78 is 29.8. The van der Waals surface area contributed by atoms with E-state index >= 15 is 0 Å². The van der Waals surface area contributed by atoms with Gasteiger partial charge in [0.2, 0.25) is 0 Å². The first kappa shape index (κ1) is 19.0. The first-order valence-corrected chi connectivity index (χ1v) is 9.40. The van der Waals surface area contributed by atoms with Gasteiger partial charge in [-0.2, -0.15) is 0 Å². The van der Waals surface area contributed by atoms with E-state index in [4.69, 9.17) is 14.2 Å². The number of halogens is 1. The summed E-state index contributed by atoms with van der Waals surface area (Å²) in [6.07, 6.45) is 0.777. The van der Waals surface area contributed by atoms with Crippen molar-refractivity contribution < 1.29 is 28.2 Å². The molecule has 29 heavy (non-hydrogen) atoms. The molecule has 2 aliphatic rings. The van der Waals surface area contributed by atoms with Gasteiger partial charge in [-0.15, -0.1) is 0 Å². The van der Waals surface area contributed by atoms with Gasteiger partial charge in [-0.3, -0.25) is 9.69 Å². The van der Waals surface area contributed by atoms with Gasteiger partial charge in [-0.1, -0.05) is 6.07 Å². The number of carbonyl (C=O) groups excluding carboxylic acids is 2. The first-order chi connectivity index (χ1) is 14.0. The average Bonchev–Trinajstić information content (AvgIpc) is 2.87. The molecular weight excluding hydrogens is 379 g/mol. The van der Waals surface area contributed by atoms with Gasteiger partial charge in [-0.05, 0) is 48.9 Å². The molecule has 1 fully saturated rings. The highest BCUT2D eigenvalue weighted by atomic mass is 19.1. The lowest BCUT2D eigenvalue weighted by Gasteiger charge is -2.23. The minimum Gasteiger partial charge on any atom is -0.492 e. The van der Waals surface area contributed by atoms with Gasteiger partial charge in [0.05, 0.1) is 19.8 Å². The summed E-state index contributed by atoms with van der Waals surface area (Å²) in [5, 5.41) is 2.76. The molecule has 0 spiro atoms. The summed E-state index contributed by atoms with van der Waals surface area (Å²) in [6, 6.07) is 10.3. The number of urea groups is 1. The third-order valence-corrected chi connectivity index (χ3v) is 5.00. The Morgan fingerprint density at radius 3 is 2.59 bits per heavy atom. The highest BCUT2D eigenvalue weighted by molar-refractivity contribution is 6.07. The Labute approximate surface area is 167 Å². The van der Waals surface area contributed by atoms with E-state index in [1.807, 2.05) is 0 Å². The Bertz CT molecular complexity index is 933. The molecule has 0 bridgehead atoms. The van der Waals surface area contributed by atoms with Crippen LogP contribution in [0.25, 0.3) is 0 Å². The van der Waals surface area contributed by atoms with Crippen LogP contribution in [0.3, 0.4) is 0 Å². The lowest BCUT2D eigenvalue weighted by Crippen LogP contribution is -2.41. The van der Waals surface area contributed by atoms with Crippen LogP contribution < -0.4 is 19.5 Å². The number of ether oxygens (including phenoxy) is 3. The molecule has 0 saturated carbocycles. The fourth-order valence-electron chi connectivity index (χ4n) is 3.36. The summed E-state index contributed by atoms with van der Waals surface area (Å²) in [4.78, 5) is 26.6.